The van der Waals surface area contributed by atoms with Crippen molar-refractivity contribution in [3.8, 4) is 44.5 Å². The second-order valence-corrected chi connectivity index (χ2v) is 18.4. The summed E-state index contributed by atoms with van der Waals surface area (Å²) in [5.74, 6) is -34.5. The normalized spacial score (nSPS) is 12.2. The number of hydrogen-bond donors (Lipinski definition) is 2. The molecule has 0 fully saturated rings. The Morgan fingerprint density at radius 3 is 0.848 bits per heavy atom. The summed E-state index contributed by atoms with van der Waals surface area (Å²) in [6, 6.07) is 2.89. The minimum Gasteiger partial charge on any atom is -0.373 e. The van der Waals surface area contributed by atoms with Crippen LogP contribution >= 0.6 is 0 Å². The van der Waals surface area contributed by atoms with Crippen LogP contribution in [0.5, 0.6) is 0 Å². The van der Waals surface area contributed by atoms with E-state index >= 15 is 70.2 Å². The van der Waals surface area contributed by atoms with E-state index in [0.717, 1.165) is 86.7 Å². The van der Waals surface area contributed by atoms with E-state index in [-0.39, 0.29) is 0 Å². The van der Waals surface area contributed by atoms with Crippen molar-refractivity contribution in [1.82, 2.24) is 19.9 Å². The Kier molecular flexibility index (Phi) is 13.5. The molecule has 0 atom stereocenters. The van der Waals surface area contributed by atoms with Crippen LogP contribution in [0.2, 0.25) is 0 Å². The minimum atomic E-state index is -2.30. The van der Waals surface area contributed by atoms with Crippen molar-refractivity contribution in [1.29, 1.82) is 0 Å². The molecule has 2 aliphatic rings. The van der Waals surface area contributed by atoms with Crippen molar-refractivity contribution in [3.05, 3.63) is 150 Å². The van der Waals surface area contributed by atoms with Gasteiger partial charge in [-0.05, 0) is 36.4 Å². The van der Waals surface area contributed by atoms with Crippen LogP contribution in [0.1, 0.15) is 22.8 Å². The SMILES string of the molecule is CN(C)c1c(F)c(F)c(-c2c3nc(c(-c4c(F)c(F)c(N(C)C)c(F)c4F)c4ccc([nH]4)c(-c4c(F)c(F)c(N(C)C)c(F)c4F)c4nc(c(-c5c(F)c(F)c(N(C)C)c(F)c5F)c5ccc2[nH]5)C=C4[N+](=O)[O-])C=C3)c(F)c1F. The lowest BCUT2D eigenvalue weighted by Gasteiger charge is -2.18. The first-order chi connectivity index (χ1) is 37.0. The zero-order chi connectivity index (χ0) is 58.0. The van der Waals surface area contributed by atoms with Crippen molar-refractivity contribution in [2.24, 2.45) is 0 Å². The van der Waals surface area contributed by atoms with Gasteiger partial charge in [0.2, 0.25) is 0 Å². The highest BCUT2D eigenvalue weighted by molar-refractivity contribution is 6.02. The summed E-state index contributed by atoms with van der Waals surface area (Å²) in [6.07, 6.45) is 1.85. The Balaban J connectivity index is 1.64. The van der Waals surface area contributed by atoms with Gasteiger partial charge in [-0.2, -0.15) is 0 Å². The number of aromatic amines is 2. The highest BCUT2D eigenvalue weighted by Gasteiger charge is 2.38. The van der Waals surface area contributed by atoms with E-state index in [9.17, 15) is 10.1 Å². The van der Waals surface area contributed by atoms with E-state index < -0.39 is 216 Å². The van der Waals surface area contributed by atoms with Crippen molar-refractivity contribution < 1.29 is 75.2 Å². The molecule has 0 aliphatic carbocycles. The Morgan fingerprint density at radius 2 is 0.595 bits per heavy atom. The lowest BCUT2D eigenvalue weighted by Crippen LogP contribution is -2.16. The van der Waals surface area contributed by atoms with Crippen LogP contribution in [-0.4, -0.2) is 81.2 Å². The maximum absolute atomic E-state index is 16.8. The molecule has 27 heteroatoms. The molecule has 0 saturated heterocycles. The summed E-state index contributed by atoms with van der Waals surface area (Å²) in [5, 5.41) is 13.2. The van der Waals surface area contributed by atoms with Gasteiger partial charge in [-0.3, -0.25) is 10.1 Å². The molecular weight excluding hydrogens is 1090 g/mol. The first-order valence-corrected chi connectivity index (χ1v) is 22.5. The Morgan fingerprint density at radius 1 is 0.354 bits per heavy atom. The summed E-state index contributed by atoms with van der Waals surface area (Å²) in [7, 11) is 7.89. The number of nitrogens with one attached hydrogen (secondary N) is 2. The monoisotopic (exact) mass is 1120 g/mol. The number of nitro groups is 1. The fourth-order valence-corrected chi connectivity index (χ4v) is 9.38. The quantitative estimate of drug-likeness (QED) is 0.0636. The molecule has 410 valence electrons. The fourth-order valence-electron chi connectivity index (χ4n) is 9.38. The van der Waals surface area contributed by atoms with E-state index in [1.807, 2.05) is 0 Å². The molecule has 0 radical (unpaired) electrons. The second kappa shape index (κ2) is 19.5. The minimum absolute atomic E-state index is 0.303. The summed E-state index contributed by atoms with van der Waals surface area (Å²) in [4.78, 5) is 27.4. The van der Waals surface area contributed by atoms with E-state index in [4.69, 9.17) is 0 Å². The first-order valence-electron chi connectivity index (χ1n) is 22.5. The third-order valence-corrected chi connectivity index (χ3v) is 12.8. The zero-order valence-electron chi connectivity index (χ0n) is 41.5. The lowest BCUT2D eigenvalue weighted by atomic mass is 9.99. The molecule has 0 unspecified atom stereocenters. The first kappa shape index (κ1) is 54.7. The summed E-state index contributed by atoms with van der Waals surface area (Å²) < 4.78 is 262. The molecular formula is C52H33F16N9O2. The van der Waals surface area contributed by atoms with Crippen LogP contribution in [0.4, 0.5) is 93.0 Å². The zero-order valence-corrected chi connectivity index (χ0v) is 41.5. The summed E-state index contributed by atoms with van der Waals surface area (Å²) in [5.41, 5.74) is -26.3. The second-order valence-electron chi connectivity index (χ2n) is 18.4. The average Bonchev–Trinajstić information content (AvgIpc) is 4.40. The maximum atomic E-state index is 16.8. The predicted molar refractivity (Wildman–Crippen MR) is 263 cm³/mol. The van der Waals surface area contributed by atoms with Crippen molar-refractivity contribution in [2.45, 2.75) is 0 Å². The molecule has 8 bridgehead atoms. The molecule has 0 saturated carbocycles. The number of hydrogen-bond acceptors (Lipinski definition) is 8. The molecule has 2 aliphatic heterocycles. The topological polar surface area (TPSA) is 113 Å². The number of halogens is 16. The van der Waals surface area contributed by atoms with Crippen LogP contribution in [-0.2, 0) is 0 Å². The third kappa shape index (κ3) is 8.22. The highest BCUT2D eigenvalue weighted by atomic mass is 19.2. The Hall–Kier alpha value is -9.04. The van der Waals surface area contributed by atoms with Crippen LogP contribution < -0.4 is 19.6 Å². The summed E-state index contributed by atoms with van der Waals surface area (Å²) >= 11 is 0. The van der Waals surface area contributed by atoms with Gasteiger partial charge >= 0.3 is 0 Å². The lowest BCUT2D eigenvalue weighted by molar-refractivity contribution is -0.374. The van der Waals surface area contributed by atoms with Gasteiger partial charge in [0, 0.05) is 107 Å². The smallest absolute Gasteiger partial charge is 0.297 e. The predicted octanol–water partition coefficient (Wildman–Crippen LogP) is 13.4. The van der Waals surface area contributed by atoms with E-state index in [0.29, 0.717) is 31.7 Å². The molecule has 3 aromatic heterocycles. The molecule has 79 heavy (non-hydrogen) atoms. The number of benzene rings is 4. The fraction of sp³-hybridized carbons (Fsp3) is 0.154. The third-order valence-electron chi connectivity index (χ3n) is 12.8. The van der Waals surface area contributed by atoms with Gasteiger partial charge in [-0.25, -0.2) is 80.2 Å². The van der Waals surface area contributed by atoms with E-state index in [1.54, 1.807) is 0 Å². The molecule has 11 nitrogen and oxygen atoms in total. The van der Waals surface area contributed by atoms with E-state index in [2.05, 4.69) is 19.9 Å². The number of anilines is 4. The number of aromatic nitrogens is 4. The van der Waals surface area contributed by atoms with Gasteiger partial charge in [0.05, 0.1) is 44.3 Å². The highest BCUT2D eigenvalue weighted by Crippen LogP contribution is 2.48. The molecule has 5 heterocycles. The number of fused-ring (bicyclic) bond motifs is 8. The van der Waals surface area contributed by atoms with Gasteiger partial charge in [0.25, 0.3) is 5.70 Å². The van der Waals surface area contributed by atoms with Crippen LogP contribution in [0.15, 0.2) is 24.3 Å². The summed E-state index contributed by atoms with van der Waals surface area (Å²) in [6.45, 7) is 0. The Labute approximate surface area is 433 Å². The van der Waals surface area contributed by atoms with Gasteiger partial charge < -0.3 is 29.6 Å². The largest absolute Gasteiger partial charge is 0.373 e. The number of nitrogens with zero attached hydrogens (tertiary/aromatic N) is 7. The maximum Gasteiger partial charge on any atom is 0.297 e. The van der Waals surface area contributed by atoms with Crippen molar-refractivity contribution in [3.63, 3.8) is 0 Å². The van der Waals surface area contributed by atoms with Gasteiger partial charge in [-0.1, -0.05) is 0 Å². The average molecular weight is 1120 g/mol. The van der Waals surface area contributed by atoms with Gasteiger partial charge in [0.15, 0.2) is 98.8 Å². The van der Waals surface area contributed by atoms with Gasteiger partial charge in [0.1, 0.15) is 22.7 Å². The van der Waals surface area contributed by atoms with Gasteiger partial charge in [-0.15, -0.1) is 0 Å². The molecule has 7 aromatic rings. The Bertz CT molecular complexity index is 3990. The van der Waals surface area contributed by atoms with E-state index in [1.165, 1.54) is 0 Å². The number of rotatable bonds is 9. The molecule has 0 spiro atoms. The molecule has 9 rings (SSSR count). The van der Waals surface area contributed by atoms with Crippen molar-refractivity contribution in [2.75, 3.05) is 76.0 Å². The molecule has 4 aromatic carbocycles. The van der Waals surface area contributed by atoms with Crippen LogP contribution in [0, 0.1) is 103 Å². The number of H-pyrrole nitrogens is 2. The van der Waals surface area contributed by atoms with Crippen LogP contribution in [0.25, 0.3) is 90.5 Å². The van der Waals surface area contributed by atoms with Crippen molar-refractivity contribution >= 4 is 68.7 Å². The molecule has 2 N–H and O–H groups in total. The standard InChI is InChI=1S/C52H33F16N9O2/c1-73(2)49-40(61)32(53)28(33(54)41(49)62)24-16-9-10-17(69-16)25(29-34(55)42(63)50(74(3)4)43(64)35(29)56)19-13-14-21(71-19)27(31-38(59)46(67)52(76(7)8)47(68)39(31)60)48-23(77(78)79)15-22(72-48)26(20-12-11-18(24)70-20)30-36(57)44(65)51(75(5)6)45(66)37(30)58/h9-15,70-71H,1-8H3. The van der Waals surface area contributed by atoms with Crippen LogP contribution in [0.3, 0.4) is 0 Å². The molecule has 0 amide bonds.